The standard InChI is InChI=1S/C18H23N3O3/c22-18(17-4-11-24-15-17)21(14-16-2-5-19-6-3-16)8-1-7-20-9-12-23-13-10-20/h2-6,11,15H,1,7-10,12-14H2. The third kappa shape index (κ3) is 4.66. The Hall–Kier alpha value is -2.18. The first-order valence-corrected chi connectivity index (χ1v) is 8.33. The Bertz CT molecular complexity index is 610. The molecule has 0 aliphatic carbocycles. The molecule has 0 saturated carbocycles. The van der Waals surface area contributed by atoms with E-state index >= 15 is 0 Å². The summed E-state index contributed by atoms with van der Waals surface area (Å²) >= 11 is 0. The van der Waals surface area contributed by atoms with Crippen molar-refractivity contribution in [3.63, 3.8) is 0 Å². The Morgan fingerprint density at radius 1 is 1.21 bits per heavy atom. The third-order valence-corrected chi connectivity index (χ3v) is 4.18. The number of furan rings is 1. The highest BCUT2D eigenvalue weighted by Crippen LogP contribution is 2.11. The molecule has 2 aromatic rings. The van der Waals surface area contributed by atoms with Crippen molar-refractivity contribution in [2.24, 2.45) is 0 Å². The summed E-state index contributed by atoms with van der Waals surface area (Å²) in [5, 5.41) is 0. The number of nitrogens with zero attached hydrogens (tertiary/aromatic N) is 3. The summed E-state index contributed by atoms with van der Waals surface area (Å²) in [7, 11) is 0. The van der Waals surface area contributed by atoms with Gasteiger partial charge < -0.3 is 14.1 Å². The van der Waals surface area contributed by atoms with Gasteiger partial charge in [-0.2, -0.15) is 0 Å². The lowest BCUT2D eigenvalue weighted by molar-refractivity contribution is 0.0355. The van der Waals surface area contributed by atoms with Gasteiger partial charge in [-0.3, -0.25) is 14.7 Å². The first kappa shape index (κ1) is 16.7. The molecule has 0 unspecified atom stereocenters. The van der Waals surface area contributed by atoms with E-state index in [1.165, 1.54) is 12.5 Å². The zero-order chi connectivity index (χ0) is 16.6. The number of amides is 1. The molecular weight excluding hydrogens is 306 g/mol. The van der Waals surface area contributed by atoms with Crippen LogP contribution >= 0.6 is 0 Å². The van der Waals surface area contributed by atoms with E-state index in [1.54, 1.807) is 18.5 Å². The van der Waals surface area contributed by atoms with E-state index in [2.05, 4.69) is 9.88 Å². The number of carbonyl (C=O) groups excluding carboxylic acids is 1. The number of hydrogen-bond acceptors (Lipinski definition) is 5. The van der Waals surface area contributed by atoms with Crippen LogP contribution in [0.4, 0.5) is 0 Å². The molecule has 1 saturated heterocycles. The van der Waals surface area contributed by atoms with Gasteiger partial charge in [0.05, 0.1) is 25.0 Å². The highest BCUT2D eigenvalue weighted by atomic mass is 16.5. The van der Waals surface area contributed by atoms with Gasteiger partial charge >= 0.3 is 0 Å². The first-order valence-electron chi connectivity index (χ1n) is 8.33. The van der Waals surface area contributed by atoms with Crippen LogP contribution in [-0.2, 0) is 11.3 Å². The van der Waals surface area contributed by atoms with Gasteiger partial charge in [0.15, 0.2) is 0 Å². The summed E-state index contributed by atoms with van der Waals surface area (Å²) in [6, 6.07) is 5.60. The maximum atomic E-state index is 12.7. The molecule has 3 rings (SSSR count). The van der Waals surface area contributed by atoms with Crippen LogP contribution in [0, 0.1) is 0 Å². The van der Waals surface area contributed by atoms with Gasteiger partial charge in [-0.25, -0.2) is 0 Å². The van der Waals surface area contributed by atoms with Crippen molar-refractivity contribution in [2.75, 3.05) is 39.4 Å². The van der Waals surface area contributed by atoms with Crippen molar-refractivity contribution in [3.05, 3.63) is 54.2 Å². The van der Waals surface area contributed by atoms with Crippen molar-refractivity contribution < 1.29 is 13.9 Å². The molecule has 3 heterocycles. The largest absolute Gasteiger partial charge is 0.472 e. The Balaban J connectivity index is 1.59. The van der Waals surface area contributed by atoms with Crippen molar-refractivity contribution in [1.82, 2.24) is 14.8 Å². The molecule has 0 bridgehead atoms. The lowest BCUT2D eigenvalue weighted by Crippen LogP contribution is -2.39. The zero-order valence-corrected chi connectivity index (χ0v) is 13.8. The van der Waals surface area contributed by atoms with E-state index in [4.69, 9.17) is 9.15 Å². The molecule has 0 radical (unpaired) electrons. The van der Waals surface area contributed by atoms with E-state index in [0.717, 1.165) is 44.8 Å². The van der Waals surface area contributed by atoms with Gasteiger partial charge in [0, 0.05) is 45.1 Å². The Morgan fingerprint density at radius 2 is 2.00 bits per heavy atom. The SMILES string of the molecule is O=C(c1ccoc1)N(CCCN1CCOCC1)Cc1ccncc1. The molecule has 24 heavy (non-hydrogen) atoms. The van der Waals surface area contributed by atoms with Crippen molar-refractivity contribution >= 4 is 5.91 Å². The van der Waals surface area contributed by atoms with Crippen LogP contribution < -0.4 is 0 Å². The third-order valence-electron chi connectivity index (χ3n) is 4.18. The first-order chi connectivity index (χ1) is 11.8. The summed E-state index contributed by atoms with van der Waals surface area (Å²) in [5.41, 5.74) is 1.67. The molecule has 1 aliphatic rings. The molecule has 6 nitrogen and oxygen atoms in total. The maximum absolute atomic E-state index is 12.7. The molecule has 0 N–H and O–H groups in total. The number of hydrogen-bond donors (Lipinski definition) is 0. The topological polar surface area (TPSA) is 58.8 Å². The summed E-state index contributed by atoms with van der Waals surface area (Å²) in [4.78, 5) is 21.0. The minimum absolute atomic E-state index is 0.00235. The van der Waals surface area contributed by atoms with E-state index in [9.17, 15) is 4.79 Å². The van der Waals surface area contributed by atoms with E-state index in [1.807, 2.05) is 17.0 Å². The van der Waals surface area contributed by atoms with Crippen LogP contribution in [0.3, 0.4) is 0 Å². The number of carbonyl (C=O) groups is 1. The summed E-state index contributed by atoms with van der Waals surface area (Å²) in [5.74, 6) is 0.00235. The fourth-order valence-corrected chi connectivity index (χ4v) is 2.84. The Labute approximate surface area is 142 Å². The highest BCUT2D eigenvalue weighted by Gasteiger charge is 2.18. The monoisotopic (exact) mass is 329 g/mol. The van der Waals surface area contributed by atoms with Gasteiger partial charge in [-0.05, 0) is 30.2 Å². The Kier molecular flexibility index (Phi) is 5.98. The molecule has 0 atom stereocenters. The van der Waals surface area contributed by atoms with Gasteiger partial charge in [-0.1, -0.05) is 0 Å². The van der Waals surface area contributed by atoms with Crippen LogP contribution in [-0.4, -0.2) is 60.1 Å². The number of aromatic nitrogens is 1. The summed E-state index contributed by atoms with van der Waals surface area (Å²) < 4.78 is 10.4. The van der Waals surface area contributed by atoms with E-state index in [-0.39, 0.29) is 5.91 Å². The predicted molar refractivity (Wildman–Crippen MR) is 89.6 cm³/mol. The van der Waals surface area contributed by atoms with E-state index < -0.39 is 0 Å². The molecule has 0 spiro atoms. The number of morpholine rings is 1. The molecule has 1 fully saturated rings. The second-order valence-electron chi connectivity index (χ2n) is 5.90. The van der Waals surface area contributed by atoms with E-state index in [0.29, 0.717) is 18.7 Å². The fourth-order valence-electron chi connectivity index (χ4n) is 2.84. The molecule has 0 aromatic carbocycles. The van der Waals surface area contributed by atoms with Gasteiger partial charge in [-0.15, -0.1) is 0 Å². The number of rotatable bonds is 7. The average molecular weight is 329 g/mol. The van der Waals surface area contributed by atoms with Crippen LogP contribution in [0.5, 0.6) is 0 Å². The van der Waals surface area contributed by atoms with Crippen LogP contribution in [0.1, 0.15) is 22.3 Å². The minimum Gasteiger partial charge on any atom is -0.472 e. The van der Waals surface area contributed by atoms with Gasteiger partial charge in [0.2, 0.25) is 0 Å². The Morgan fingerprint density at radius 3 is 2.71 bits per heavy atom. The highest BCUT2D eigenvalue weighted by molar-refractivity contribution is 5.93. The molecular formula is C18H23N3O3. The van der Waals surface area contributed by atoms with Crippen molar-refractivity contribution in [3.8, 4) is 0 Å². The normalized spacial score (nSPS) is 15.3. The predicted octanol–water partition coefficient (Wildman–Crippen LogP) is 2.04. The quantitative estimate of drug-likeness (QED) is 0.778. The van der Waals surface area contributed by atoms with Crippen LogP contribution in [0.25, 0.3) is 0 Å². The lowest BCUT2D eigenvalue weighted by Gasteiger charge is -2.28. The smallest absolute Gasteiger partial charge is 0.257 e. The fraction of sp³-hybridized carbons (Fsp3) is 0.444. The summed E-state index contributed by atoms with van der Waals surface area (Å²) in [6.07, 6.45) is 7.48. The van der Waals surface area contributed by atoms with Crippen molar-refractivity contribution in [2.45, 2.75) is 13.0 Å². The lowest BCUT2D eigenvalue weighted by atomic mass is 10.2. The minimum atomic E-state index is 0.00235. The molecule has 1 aliphatic heterocycles. The maximum Gasteiger partial charge on any atom is 0.257 e. The number of ether oxygens (including phenoxy) is 1. The second-order valence-corrected chi connectivity index (χ2v) is 5.90. The zero-order valence-electron chi connectivity index (χ0n) is 13.8. The van der Waals surface area contributed by atoms with Crippen LogP contribution in [0.15, 0.2) is 47.5 Å². The van der Waals surface area contributed by atoms with Gasteiger partial charge in [0.1, 0.15) is 6.26 Å². The molecule has 1 amide bonds. The summed E-state index contributed by atoms with van der Waals surface area (Å²) in [6.45, 7) is 5.82. The number of pyridine rings is 1. The molecule has 2 aromatic heterocycles. The van der Waals surface area contributed by atoms with Crippen LogP contribution in [0.2, 0.25) is 0 Å². The average Bonchev–Trinajstić information content (AvgIpc) is 3.17. The van der Waals surface area contributed by atoms with Gasteiger partial charge in [0.25, 0.3) is 5.91 Å². The second kappa shape index (κ2) is 8.61. The molecule has 128 valence electrons. The molecule has 6 heteroatoms. The van der Waals surface area contributed by atoms with Crippen molar-refractivity contribution in [1.29, 1.82) is 0 Å².